The Balaban J connectivity index is 2.83. The highest BCUT2D eigenvalue weighted by Gasteiger charge is 2.26. The van der Waals surface area contributed by atoms with Crippen molar-refractivity contribution in [3.63, 3.8) is 0 Å². The van der Waals surface area contributed by atoms with Gasteiger partial charge in [-0.15, -0.1) is 0 Å². The fourth-order valence-electron chi connectivity index (χ4n) is 2.06. The summed E-state index contributed by atoms with van der Waals surface area (Å²) in [6, 6.07) is 5.98. The van der Waals surface area contributed by atoms with Gasteiger partial charge in [-0.1, -0.05) is 32.4 Å². The minimum Gasteiger partial charge on any atom is -0.301 e. The summed E-state index contributed by atoms with van der Waals surface area (Å²) in [5.41, 5.74) is 2.63. The first-order valence-corrected chi connectivity index (χ1v) is 6.30. The van der Waals surface area contributed by atoms with Gasteiger partial charge in [-0.3, -0.25) is 0 Å². The molecule has 0 aliphatic rings. The van der Waals surface area contributed by atoms with Crippen LogP contribution in [0.4, 0.5) is 0 Å². The van der Waals surface area contributed by atoms with Gasteiger partial charge >= 0.3 is 0 Å². The predicted molar refractivity (Wildman–Crippen MR) is 72.9 cm³/mol. The Labute approximate surface area is 112 Å². The zero-order chi connectivity index (χ0) is 13.5. The van der Waals surface area contributed by atoms with Crippen LogP contribution in [0.15, 0.2) is 18.3 Å². The van der Waals surface area contributed by atoms with Gasteiger partial charge < -0.3 is 4.40 Å². The van der Waals surface area contributed by atoms with Gasteiger partial charge in [0.1, 0.15) is 5.65 Å². The van der Waals surface area contributed by atoms with Crippen molar-refractivity contribution in [2.24, 2.45) is 0 Å². The molecule has 0 aliphatic heterocycles. The van der Waals surface area contributed by atoms with Gasteiger partial charge in [-0.25, -0.2) is 4.98 Å². The Bertz CT molecular complexity index is 629. The van der Waals surface area contributed by atoms with Crippen LogP contribution >= 0.6 is 11.6 Å². The molecule has 2 heterocycles. The molecule has 94 valence electrons. The van der Waals surface area contributed by atoms with Crippen LogP contribution < -0.4 is 0 Å². The molecule has 0 saturated carbocycles. The summed E-state index contributed by atoms with van der Waals surface area (Å²) in [5.74, 6) is -0.215. The first kappa shape index (κ1) is 12.9. The van der Waals surface area contributed by atoms with Crippen molar-refractivity contribution >= 4 is 17.2 Å². The van der Waals surface area contributed by atoms with Crippen LogP contribution in [0.2, 0.25) is 5.02 Å². The van der Waals surface area contributed by atoms with Gasteiger partial charge in [-0.2, -0.15) is 5.26 Å². The molecule has 0 bridgehead atoms. The van der Waals surface area contributed by atoms with Crippen molar-refractivity contribution in [3.8, 4) is 6.07 Å². The lowest BCUT2D eigenvalue weighted by Crippen LogP contribution is -2.16. The van der Waals surface area contributed by atoms with Crippen LogP contribution in [0, 0.1) is 11.3 Å². The van der Waals surface area contributed by atoms with Gasteiger partial charge in [0.25, 0.3) is 0 Å². The van der Waals surface area contributed by atoms with Crippen molar-refractivity contribution in [2.75, 3.05) is 0 Å². The summed E-state index contributed by atoms with van der Waals surface area (Å²) in [5, 5.41) is 9.85. The maximum atomic E-state index is 9.20. The van der Waals surface area contributed by atoms with E-state index >= 15 is 0 Å². The number of halogens is 1. The Morgan fingerprint density at radius 1 is 1.39 bits per heavy atom. The summed E-state index contributed by atoms with van der Waals surface area (Å²) in [7, 11) is 0. The van der Waals surface area contributed by atoms with Crippen LogP contribution in [0.3, 0.4) is 0 Å². The third-order valence-electron chi connectivity index (χ3n) is 2.93. The van der Waals surface area contributed by atoms with Gasteiger partial charge in [0.05, 0.1) is 28.4 Å². The molecule has 0 amide bonds. The molecular weight excluding hydrogens is 246 g/mol. The van der Waals surface area contributed by atoms with E-state index in [0.717, 1.165) is 17.0 Å². The van der Waals surface area contributed by atoms with Crippen LogP contribution in [-0.2, 0) is 5.41 Å². The lowest BCUT2D eigenvalue weighted by Gasteiger charge is -2.18. The second kappa shape index (κ2) is 4.29. The number of hydrogen-bond donors (Lipinski definition) is 0. The molecular formula is C14H16ClN3. The average Bonchev–Trinajstić information content (AvgIpc) is 2.66. The van der Waals surface area contributed by atoms with Crippen molar-refractivity contribution in [1.82, 2.24) is 9.38 Å². The van der Waals surface area contributed by atoms with Gasteiger partial charge in [0, 0.05) is 11.6 Å². The molecule has 0 aliphatic carbocycles. The highest BCUT2D eigenvalue weighted by Crippen LogP contribution is 2.31. The minimum absolute atomic E-state index is 0.0983. The molecule has 0 radical (unpaired) electrons. The molecule has 2 aromatic rings. The number of rotatable bonds is 1. The fourth-order valence-corrected chi connectivity index (χ4v) is 2.22. The normalized spacial score (nSPS) is 13.6. The van der Waals surface area contributed by atoms with E-state index in [9.17, 15) is 5.26 Å². The summed E-state index contributed by atoms with van der Waals surface area (Å²) < 4.78 is 1.93. The highest BCUT2D eigenvalue weighted by atomic mass is 35.5. The van der Waals surface area contributed by atoms with Crippen molar-refractivity contribution in [1.29, 1.82) is 5.26 Å². The van der Waals surface area contributed by atoms with Crippen LogP contribution in [0.25, 0.3) is 5.65 Å². The van der Waals surface area contributed by atoms with Crippen molar-refractivity contribution < 1.29 is 0 Å². The maximum absolute atomic E-state index is 9.20. The van der Waals surface area contributed by atoms with Gasteiger partial charge in [0.15, 0.2) is 0 Å². The SMILES string of the molecule is CC(C#N)c1c(C(C)(C)C)nc2ccc(Cl)cn12. The second-order valence-electron chi connectivity index (χ2n) is 5.52. The largest absolute Gasteiger partial charge is 0.301 e. The van der Waals surface area contributed by atoms with Gasteiger partial charge in [0.2, 0.25) is 0 Å². The van der Waals surface area contributed by atoms with E-state index in [0.29, 0.717) is 5.02 Å². The van der Waals surface area contributed by atoms with E-state index in [2.05, 4.69) is 31.8 Å². The Morgan fingerprint density at radius 2 is 2.06 bits per heavy atom. The number of pyridine rings is 1. The third kappa shape index (κ3) is 2.09. The van der Waals surface area contributed by atoms with Crippen LogP contribution in [-0.4, -0.2) is 9.38 Å². The number of aromatic nitrogens is 2. The second-order valence-corrected chi connectivity index (χ2v) is 5.96. The van der Waals surface area contributed by atoms with Gasteiger partial charge in [-0.05, 0) is 19.1 Å². The minimum atomic E-state index is -0.215. The van der Waals surface area contributed by atoms with E-state index in [1.807, 2.05) is 29.7 Å². The molecule has 0 saturated heterocycles. The predicted octanol–water partition coefficient (Wildman–Crippen LogP) is 3.91. The molecule has 0 fully saturated rings. The summed E-state index contributed by atoms with van der Waals surface area (Å²) in [6.07, 6.45) is 1.82. The summed E-state index contributed by atoms with van der Waals surface area (Å²) in [6.45, 7) is 8.19. The molecule has 0 spiro atoms. The third-order valence-corrected chi connectivity index (χ3v) is 3.16. The Hall–Kier alpha value is -1.53. The summed E-state index contributed by atoms with van der Waals surface area (Å²) >= 11 is 6.03. The van der Waals surface area contributed by atoms with E-state index < -0.39 is 0 Å². The van der Waals surface area contributed by atoms with E-state index in [4.69, 9.17) is 11.6 Å². The standard InChI is InChI=1S/C14H16ClN3/c1-9(7-16)12-13(14(2,3)4)17-11-6-5-10(15)8-18(11)12/h5-6,8-9H,1-4H3. The molecule has 2 rings (SSSR count). The lowest BCUT2D eigenvalue weighted by molar-refractivity contribution is 0.562. The Morgan fingerprint density at radius 3 is 2.61 bits per heavy atom. The molecule has 1 atom stereocenters. The molecule has 0 aromatic carbocycles. The molecule has 0 N–H and O–H groups in total. The van der Waals surface area contributed by atoms with Crippen molar-refractivity contribution in [3.05, 3.63) is 34.7 Å². The molecule has 18 heavy (non-hydrogen) atoms. The monoisotopic (exact) mass is 261 g/mol. The summed E-state index contributed by atoms with van der Waals surface area (Å²) in [4.78, 5) is 4.65. The van der Waals surface area contributed by atoms with E-state index in [1.165, 1.54) is 0 Å². The molecule has 2 aromatic heterocycles. The lowest BCUT2D eigenvalue weighted by atomic mass is 9.88. The average molecular weight is 262 g/mol. The zero-order valence-corrected chi connectivity index (χ0v) is 11.8. The van der Waals surface area contributed by atoms with Crippen molar-refractivity contribution in [2.45, 2.75) is 39.0 Å². The van der Waals surface area contributed by atoms with E-state index in [1.54, 1.807) is 0 Å². The van der Waals surface area contributed by atoms with Crippen LogP contribution in [0.1, 0.15) is 45.0 Å². The number of hydrogen-bond acceptors (Lipinski definition) is 2. The molecule has 4 heteroatoms. The quantitative estimate of drug-likeness (QED) is 0.781. The fraction of sp³-hybridized carbons (Fsp3) is 0.429. The number of nitrogens with zero attached hydrogens (tertiary/aromatic N) is 3. The first-order chi connectivity index (χ1) is 8.34. The van der Waals surface area contributed by atoms with Crippen LogP contribution in [0.5, 0.6) is 0 Å². The van der Waals surface area contributed by atoms with E-state index in [-0.39, 0.29) is 11.3 Å². The zero-order valence-electron chi connectivity index (χ0n) is 11.0. The number of fused-ring (bicyclic) bond motifs is 1. The highest BCUT2D eigenvalue weighted by molar-refractivity contribution is 6.30. The Kier molecular flexibility index (Phi) is 3.08. The molecule has 3 nitrogen and oxygen atoms in total. The smallest absolute Gasteiger partial charge is 0.137 e. The number of imidazole rings is 1. The first-order valence-electron chi connectivity index (χ1n) is 5.92. The molecule has 1 unspecified atom stereocenters. The maximum Gasteiger partial charge on any atom is 0.137 e. The topological polar surface area (TPSA) is 41.1 Å². The number of nitriles is 1.